The van der Waals surface area contributed by atoms with E-state index < -0.39 is 0 Å². The first-order valence-electron chi connectivity index (χ1n) is 7.26. The molecule has 1 rings (SSSR count). The van der Waals surface area contributed by atoms with Crippen molar-refractivity contribution in [1.82, 2.24) is 10.2 Å². The van der Waals surface area contributed by atoms with Gasteiger partial charge in [-0.15, -0.1) is 0 Å². The molecule has 1 aromatic carbocycles. The van der Waals surface area contributed by atoms with Gasteiger partial charge in [-0.25, -0.2) is 0 Å². The topological polar surface area (TPSA) is 24.5 Å². The molecule has 0 aliphatic heterocycles. The zero-order chi connectivity index (χ0) is 14.3. The van der Waals surface area contributed by atoms with Crippen LogP contribution in [-0.2, 0) is 0 Å². The molecule has 1 N–H and O–H groups in total. The summed E-state index contributed by atoms with van der Waals surface area (Å²) in [5.41, 5.74) is 2.54. The maximum absolute atomic E-state index is 5.52. The number of hydrogen-bond donors (Lipinski definition) is 1. The standard InChI is InChI=1S/C16H28N2O/c1-6-17-15(12-18(7-2)8-3)14-11-13(4)9-10-16(14)19-5/h9-11,15,17H,6-8,12H2,1-5H3. The normalized spacial score (nSPS) is 12.7. The van der Waals surface area contributed by atoms with Crippen molar-refractivity contribution in [3.63, 3.8) is 0 Å². The average molecular weight is 264 g/mol. The van der Waals surface area contributed by atoms with Gasteiger partial charge in [0.25, 0.3) is 0 Å². The number of rotatable bonds is 8. The molecule has 0 saturated heterocycles. The van der Waals surface area contributed by atoms with Crippen molar-refractivity contribution in [2.75, 3.05) is 33.3 Å². The molecule has 3 heteroatoms. The molecule has 0 spiro atoms. The Morgan fingerprint density at radius 1 is 1.21 bits per heavy atom. The minimum Gasteiger partial charge on any atom is -0.496 e. The van der Waals surface area contributed by atoms with Crippen LogP contribution in [0.5, 0.6) is 5.75 Å². The molecule has 0 radical (unpaired) electrons. The third-order valence-corrected chi connectivity index (χ3v) is 3.55. The lowest BCUT2D eigenvalue weighted by molar-refractivity contribution is 0.264. The van der Waals surface area contributed by atoms with E-state index in [9.17, 15) is 0 Å². The SMILES string of the molecule is CCNC(CN(CC)CC)c1cc(C)ccc1OC. The van der Waals surface area contributed by atoms with Crippen molar-refractivity contribution in [2.24, 2.45) is 0 Å². The van der Waals surface area contributed by atoms with E-state index >= 15 is 0 Å². The summed E-state index contributed by atoms with van der Waals surface area (Å²) in [5.74, 6) is 0.976. The largest absolute Gasteiger partial charge is 0.496 e. The first-order valence-corrected chi connectivity index (χ1v) is 7.26. The number of likely N-dealkylation sites (N-methyl/N-ethyl adjacent to an activating group) is 2. The second kappa shape index (κ2) is 8.18. The lowest BCUT2D eigenvalue weighted by Crippen LogP contribution is -2.35. The Hall–Kier alpha value is -1.06. The lowest BCUT2D eigenvalue weighted by Gasteiger charge is -2.27. The summed E-state index contributed by atoms with van der Waals surface area (Å²) < 4.78 is 5.52. The summed E-state index contributed by atoms with van der Waals surface area (Å²) in [5, 5.41) is 3.58. The summed E-state index contributed by atoms with van der Waals surface area (Å²) in [6.07, 6.45) is 0. The number of nitrogens with one attached hydrogen (secondary N) is 1. The van der Waals surface area contributed by atoms with Gasteiger partial charge in [0.05, 0.1) is 7.11 Å². The fourth-order valence-electron chi connectivity index (χ4n) is 2.39. The highest BCUT2D eigenvalue weighted by atomic mass is 16.5. The summed E-state index contributed by atoms with van der Waals surface area (Å²) in [7, 11) is 1.74. The molecule has 0 amide bonds. The smallest absolute Gasteiger partial charge is 0.123 e. The van der Waals surface area contributed by atoms with Crippen molar-refractivity contribution in [3.8, 4) is 5.75 Å². The first kappa shape index (κ1) is 16.0. The third-order valence-electron chi connectivity index (χ3n) is 3.55. The maximum Gasteiger partial charge on any atom is 0.123 e. The molecule has 19 heavy (non-hydrogen) atoms. The number of aryl methyl sites for hydroxylation is 1. The summed E-state index contributed by atoms with van der Waals surface area (Å²) in [6, 6.07) is 6.72. The van der Waals surface area contributed by atoms with Crippen LogP contribution >= 0.6 is 0 Å². The lowest BCUT2D eigenvalue weighted by atomic mass is 10.0. The highest BCUT2D eigenvalue weighted by molar-refractivity contribution is 5.39. The van der Waals surface area contributed by atoms with Crippen LogP contribution in [0.2, 0.25) is 0 Å². The van der Waals surface area contributed by atoms with Crippen molar-refractivity contribution in [2.45, 2.75) is 33.7 Å². The molecule has 1 atom stereocenters. The minimum absolute atomic E-state index is 0.319. The van der Waals surface area contributed by atoms with E-state index in [-0.39, 0.29) is 0 Å². The summed E-state index contributed by atoms with van der Waals surface area (Å²) in [4.78, 5) is 2.44. The van der Waals surface area contributed by atoms with E-state index in [1.54, 1.807) is 7.11 Å². The fraction of sp³-hybridized carbons (Fsp3) is 0.625. The number of hydrogen-bond acceptors (Lipinski definition) is 3. The molecular weight excluding hydrogens is 236 g/mol. The molecular formula is C16H28N2O. The minimum atomic E-state index is 0.319. The van der Waals surface area contributed by atoms with Crippen molar-refractivity contribution >= 4 is 0 Å². The molecule has 3 nitrogen and oxygen atoms in total. The number of nitrogens with zero attached hydrogens (tertiary/aromatic N) is 1. The Morgan fingerprint density at radius 2 is 1.89 bits per heavy atom. The van der Waals surface area contributed by atoms with Gasteiger partial charge >= 0.3 is 0 Å². The second-order valence-electron chi connectivity index (χ2n) is 4.84. The van der Waals surface area contributed by atoms with Gasteiger partial charge in [0.15, 0.2) is 0 Å². The molecule has 1 unspecified atom stereocenters. The first-order chi connectivity index (χ1) is 9.15. The van der Waals surface area contributed by atoms with Gasteiger partial charge in [-0.1, -0.05) is 38.5 Å². The van der Waals surface area contributed by atoms with Crippen LogP contribution in [0, 0.1) is 6.92 Å². The van der Waals surface area contributed by atoms with Gasteiger partial charge < -0.3 is 15.0 Å². The van der Waals surface area contributed by atoms with Gasteiger partial charge in [0.2, 0.25) is 0 Å². The monoisotopic (exact) mass is 264 g/mol. The zero-order valence-electron chi connectivity index (χ0n) is 13.0. The Labute approximate surface area is 118 Å². The third kappa shape index (κ3) is 4.51. The predicted molar refractivity (Wildman–Crippen MR) is 81.9 cm³/mol. The number of methoxy groups -OCH3 is 1. The van der Waals surface area contributed by atoms with Crippen LogP contribution in [0.25, 0.3) is 0 Å². The summed E-state index contributed by atoms with van der Waals surface area (Å²) in [6.45, 7) is 12.8. The van der Waals surface area contributed by atoms with E-state index in [4.69, 9.17) is 4.74 Å². The maximum atomic E-state index is 5.52. The van der Waals surface area contributed by atoms with E-state index in [0.717, 1.165) is 31.9 Å². The van der Waals surface area contributed by atoms with Crippen LogP contribution in [-0.4, -0.2) is 38.2 Å². The second-order valence-corrected chi connectivity index (χ2v) is 4.84. The molecule has 0 fully saturated rings. The van der Waals surface area contributed by atoms with Crippen LogP contribution in [0.1, 0.15) is 37.9 Å². The predicted octanol–water partition coefficient (Wildman–Crippen LogP) is 3.00. The van der Waals surface area contributed by atoms with Crippen molar-refractivity contribution < 1.29 is 4.74 Å². The average Bonchev–Trinajstić information content (AvgIpc) is 2.43. The van der Waals surface area contributed by atoms with E-state index in [2.05, 4.69) is 56.1 Å². The number of benzene rings is 1. The highest BCUT2D eigenvalue weighted by Gasteiger charge is 2.17. The van der Waals surface area contributed by atoms with Gasteiger partial charge in [0, 0.05) is 18.2 Å². The van der Waals surface area contributed by atoms with Crippen LogP contribution in [0.3, 0.4) is 0 Å². The fourth-order valence-corrected chi connectivity index (χ4v) is 2.39. The molecule has 108 valence electrons. The van der Waals surface area contributed by atoms with Crippen molar-refractivity contribution in [1.29, 1.82) is 0 Å². The Morgan fingerprint density at radius 3 is 2.42 bits per heavy atom. The Bertz CT molecular complexity index is 375. The molecule has 0 aliphatic rings. The zero-order valence-corrected chi connectivity index (χ0v) is 13.0. The molecule has 0 aromatic heterocycles. The van der Waals surface area contributed by atoms with Crippen LogP contribution in [0.4, 0.5) is 0 Å². The van der Waals surface area contributed by atoms with Crippen molar-refractivity contribution in [3.05, 3.63) is 29.3 Å². The van der Waals surface area contributed by atoms with E-state index in [0.29, 0.717) is 6.04 Å². The molecule has 1 aromatic rings. The quantitative estimate of drug-likeness (QED) is 0.781. The summed E-state index contributed by atoms with van der Waals surface area (Å²) >= 11 is 0. The Balaban J connectivity index is 3.00. The molecule has 0 aliphatic carbocycles. The molecule has 0 bridgehead atoms. The number of ether oxygens (including phenoxy) is 1. The van der Waals surface area contributed by atoms with Gasteiger partial charge in [-0.3, -0.25) is 0 Å². The molecule has 0 saturated carbocycles. The van der Waals surface area contributed by atoms with Crippen LogP contribution < -0.4 is 10.1 Å². The van der Waals surface area contributed by atoms with E-state index in [1.807, 2.05) is 0 Å². The Kier molecular flexibility index (Phi) is 6.89. The van der Waals surface area contributed by atoms with Gasteiger partial charge in [-0.2, -0.15) is 0 Å². The van der Waals surface area contributed by atoms with E-state index in [1.165, 1.54) is 11.1 Å². The van der Waals surface area contributed by atoms with Gasteiger partial charge in [-0.05, 0) is 32.6 Å². The highest BCUT2D eigenvalue weighted by Crippen LogP contribution is 2.27. The molecule has 0 heterocycles. The van der Waals surface area contributed by atoms with Crippen LogP contribution in [0.15, 0.2) is 18.2 Å². The van der Waals surface area contributed by atoms with Gasteiger partial charge in [0.1, 0.15) is 5.75 Å².